The minimum Gasteiger partial charge on any atom is -0.507 e. The van der Waals surface area contributed by atoms with Gasteiger partial charge in [0.2, 0.25) is 0 Å². The molecule has 1 saturated heterocycles. The zero-order chi connectivity index (χ0) is 24.9. The molecule has 9 heteroatoms. The van der Waals surface area contributed by atoms with E-state index in [4.69, 9.17) is 4.74 Å². The summed E-state index contributed by atoms with van der Waals surface area (Å²) < 4.78 is 19.5. The Kier molecular flexibility index (Phi) is 5.49. The van der Waals surface area contributed by atoms with Gasteiger partial charge in [-0.05, 0) is 42.8 Å². The van der Waals surface area contributed by atoms with E-state index in [1.165, 1.54) is 48.4 Å². The summed E-state index contributed by atoms with van der Waals surface area (Å²) in [6.07, 6.45) is 0. The first kappa shape index (κ1) is 22.5. The van der Waals surface area contributed by atoms with Crippen LogP contribution in [0.3, 0.4) is 0 Å². The van der Waals surface area contributed by atoms with Crippen molar-refractivity contribution in [2.75, 3.05) is 12.0 Å². The van der Waals surface area contributed by atoms with E-state index in [0.717, 1.165) is 16.9 Å². The van der Waals surface area contributed by atoms with Crippen LogP contribution < -0.4 is 9.64 Å². The van der Waals surface area contributed by atoms with Gasteiger partial charge in [-0.1, -0.05) is 47.2 Å². The summed E-state index contributed by atoms with van der Waals surface area (Å²) in [7, 11) is 1.38. The van der Waals surface area contributed by atoms with Gasteiger partial charge < -0.3 is 14.9 Å². The molecule has 4 aromatic rings. The Balaban J connectivity index is 1.75. The van der Waals surface area contributed by atoms with E-state index in [1.807, 2.05) is 6.92 Å². The van der Waals surface area contributed by atoms with Crippen LogP contribution in [-0.2, 0) is 9.59 Å². The highest BCUT2D eigenvalue weighted by Gasteiger charge is 2.48. The van der Waals surface area contributed by atoms with Crippen LogP contribution >= 0.6 is 11.3 Å². The number of anilines is 1. The Morgan fingerprint density at radius 1 is 1.09 bits per heavy atom. The molecule has 35 heavy (non-hydrogen) atoms. The van der Waals surface area contributed by atoms with Gasteiger partial charge in [0.15, 0.2) is 16.6 Å². The summed E-state index contributed by atoms with van der Waals surface area (Å²) in [6, 6.07) is 14.3. The third-order valence-electron chi connectivity index (χ3n) is 5.83. The van der Waals surface area contributed by atoms with Crippen LogP contribution in [0.25, 0.3) is 16.0 Å². The Morgan fingerprint density at radius 3 is 2.54 bits per heavy atom. The fourth-order valence-electron chi connectivity index (χ4n) is 4.07. The number of fused-ring (bicyclic) bond motifs is 1. The molecule has 1 aromatic heterocycles. The Labute approximate surface area is 203 Å². The molecule has 176 valence electrons. The van der Waals surface area contributed by atoms with Gasteiger partial charge in [0, 0.05) is 5.56 Å². The highest BCUT2D eigenvalue weighted by atomic mass is 32.1. The number of hydrogen-bond donors (Lipinski definition) is 2. The normalized spacial score (nSPS) is 17.3. The third-order valence-corrected chi connectivity index (χ3v) is 6.85. The van der Waals surface area contributed by atoms with E-state index < -0.39 is 23.5 Å². The molecule has 1 unspecified atom stereocenters. The molecule has 2 heterocycles. The number of hydrogen-bond acceptors (Lipinski definition) is 7. The van der Waals surface area contributed by atoms with Gasteiger partial charge in [0.25, 0.3) is 5.78 Å². The van der Waals surface area contributed by atoms with Gasteiger partial charge in [-0.3, -0.25) is 14.5 Å². The average Bonchev–Trinajstić information content (AvgIpc) is 3.37. The topological polar surface area (TPSA) is 100.0 Å². The SMILES string of the molecule is COc1cc(C2/C(=C(\O)c3ccc(C)cc3)C(=O)C(=O)N2c2nc3ccc(F)cc3s2)ccc1O. The van der Waals surface area contributed by atoms with Gasteiger partial charge in [0.05, 0.1) is 28.9 Å². The summed E-state index contributed by atoms with van der Waals surface area (Å²) in [5, 5.41) is 21.4. The zero-order valence-corrected chi connectivity index (χ0v) is 19.5. The third kappa shape index (κ3) is 3.79. The molecule has 3 aromatic carbocycles. The summed E-state index contributed by atoms with van der Waals surface area (Å²) in [5.41, 5.74) is 2.09. The van der Waals surface area contributed by atoms with Gasteiger partial charge in [-0.25, -0.2) is 9.37 Å². The van der Waals surface area contributed by atoms with E-state index in [2.05, 4.69) is 4.98 Å². The predicted molar refractivity (Wildman–Crippen MR) is 130 cm³/mol. The van der Waals surface area contributed by atoms with E-state index in [9.17, 15) is 24.2 Å². The molecule has 0 spiro atoms. The van der Waals surface area contributed by atoms with Gasteiger partial charge in [-0.15, -0.1) is 0 Å². The second kappa shape index (κ2) is 8.52. The first-order chi connectivity index (χ1) is 16.8. The molecular formula is C26H19FN2O5S. The summed E-state index contributed by atoms with van der Waals surface area (Å²) in [6.45, 7) is 1.89. The smallest absolute Gasteiger partial charge is 0.301 e. The monoisotopic (exact) mass is 490 g/mol. The van der Waals surface area contributed by atoms with Gasteiger partial charge in [0.1, 0.15) is 11.6 Å². The predicted octanol–water partition coefficient (Wildman–Crippen LogP) is 5.08. The molecule has 1 aliphatic rings. The molecule has 0 radical (unpaired) electrons. The van der Waals surface area contributed by atoms with Crippen molar-refractivity contribution < 1.29 is 28.9 Å². The maximum atomic E-state index is 13.8. The lowest BCUT2D eigenvalue weighted by atomic mass is 9.95. The first-order valence-corrected chi connectivity index (χ1v) is 11.4. The number of ketones is 1. The van der Waals surface area contributed by atoms with Gasteiger partial charge in [-0.2, -0.15) is 0 Å². The molecule has 2 N–H and O–H groups in total. The van der Waals surface area contributed by atoms with Crippen molar-refractivity contribution in [2.24, 2.45) is 0 Å². The number of aliphatic hydroxyl groups is 1. The first-order valence-electron chi connectivity index (χ1n) is 10.6. The van der Waals surface area contributed by atoms with Crippen LogP contribution in [0.15, 0.2) is 66.2 Å². The highest BCUT2D eigenvalue weighted by Crippen LogP contribution is 2.45. The number of amides is 1. The number of methoxy groups -OCH3 is 1. The largest absolute Gasteiger partial charge is 0.507 e. The molecule has 1 aliphatic heterocycles. The van der Waals surface area contributed by atoms with Crippen molar-refractivity contribution in [3.05, 3.63) is 88.7 Å². The molecule has 0 bridgehead atoms. The average molecular weight is 491 g/mol. The number of benzene rings is 3. The lowest BCUT2D eigenvalue weighted by molar-refractivity contribution is -0.132. The number of aliphatic hydroxyl groups excluding tert-OH is 1. The van der Waals surface area contributed by atoms with Crippen molar-refractivity contribution >= 4 is 44.1 Å². The summed E-state index contributed by atoms with van der Waals surface area (Å²) >= 11 is 1.05. The number of Topliss-reactive ketones (excluding diaryl/α,β-unsaturated/α-hetero) is 1. The van der Waals surface area contributed by atoms with Gasteiger partial charge >= 0.3 is 5.91 Å². The summed E-state index contributed by atoms with van der Waals surface area (Å²) in [4.78, 5) is 32.2. The number of thiazole rings is 1. The van der Waals surface area contributed by atoms with E-state index >= 15 is 0 Å². The van der Waals surface area contributed by atoms with Crippen molar-refractivity contribution in [3.63, 3.8) is 0 Å². The molecule has 7 nitrogen and oxygen atoms in total. The van der Waals surface area contributed by atoms with Crippen molar-refractivity contribution in [2.45, 2.75) is 13.0 Å². The maximum absolute atomic E-state index is 13.8. The van der Waals surface area contributed by atoms with Crippen LogP contribution in [0.4, 0.5) is 9.52 Å². The minimum atomic E-state index is -1.06. The lowest BCUT2D eigenvalue weighted by Crippen LogP contribution is -2.29. The van der Waals surface area contributed by atoms with Crippen molar-refractivity contribution in [3.8, 4) is 11.5 Å². The number of ether oxygens (including phenoxy) is 1. The lowest BCUT2D eigenvalue weighted by Gasteiger charge is -2.23. The number of carbonyl (C=O) groups excluding carboxylic acids is 2. The molecule has 5 rings (SSSR count). The maximum Gasteiger partial charge on any atom is 0.301 e. The number of carbonyl (C=O) groups is 2. The van der Waals surface area contributed by atoms with Crippen molar-refractivity contribution in [1.82, 2.24) is 4.98 Å². The highest BCUT2D eigenvalue weighted by molar-refractivity contribution is 7.22. The minimum absolute atomic E-state index is 0.123. The fraction of sp³-hybridized carbons (Fsp3) is 0.115. The number of halogens is 1. The molecule has 1 atom stereocenters. The Morgan fingerprint density at radius 2 is 1.83 bits per heavy atom. The van der Waals surface area contributed by atoms with Crippen LogP contribution in [0.5, 0.6) is 11.5 Å². The van der Waals surface area contributed by atoms with Crippen LogP contribution in [0.2, 0.25) is 0 Å². The van der Waals surface area contributed by atoms with Crippen LogP contribution in [0, 0.1) is 12.7 Å². The standard InChI is InChI=1S/C26H19FN2O5S/c1-13-3-5-14(6-4-13)23(31)21-22(15-7-10-18(30)19(11-15)34-2)29(25(33)24(21)32)26-28-17-9-8-16(27)12-20(17)35-26/h3-12,22,30-31H,1-2H3/b23-21+. The number of aromatic hydroxyl groups is 1. The number of phenolic OH excluding ortho intramolecular Hbond substituents is 1. The molecular weight excluding hydrogens is 471 g/mol. The number of rotatable bonds is 4. The van der Waals surface area contributed by atoms with E-state index in [1.54, 1.807) is 24.3 Å². The van der Waals surface area contributed by atoms with Crippen LogP contribution in [0.1, 0.15) is 22.7 Å². The Bertz CT molecular complexity index is 1530. The molecule has 0 saturated carbocycles. The molecule has 1 fully saturated rings. The number of aryl methyl sites for hydroxylation is 1. The second-order valence-electron chi connectivity index (χ2n) is 8.07. The second-order valence-corrected chi connectivity index (χ2v) is 9.08. The number of nitrogens with zero attached hydrogens (tertiary/aromatic N) is 2. The number of phenols is 1. The fourth-order valence-corrected chi connectivity index (χ4v) is 5.08. The molecule has 0 aliphatic carbocycles. The molecule has 1 amide bonds. The van der Waals surface area contributed by atoms with Crippen LogP contribution in [-0.4, -0.2) is 34.0 Å². The van der Waals surface area contributed by atoms with E-state index in [-0.39, 0.29) is 28.0 Å². The summed E-state index contributed by atoms with van der Waals surface area (Å²) in [5.74, 6) is -2.54. The quantitative estimate of drug-likeness (QED) is 0.235. The zero-order valence-electron chi connectivity index (χ0n) is 18.7. The van der Waals surface area contributed by atoms with E-state index in [0.29, 0.717) is 21.3 Å². The number of aromatic nitrogens is 1. The van der Waals surface area contributed by atoms with Crippen molar-refractivity contribution in [1.29, 1.82) is 0 Å². The Hall–Kier alpha value is -4.24.